The SMILES string of the molecule is CCc1ccc(Cc2n[nH]c(=O)c3ccccc23)cc1. The Balaban J connectivity index is 2.02. The van der Waals surface area contributed by atoms with Gasteiger partial charge in [-0.2, -0.15) is 5.10 Å². The third kappa shape index (κ3) is 2.35. The van der Waals surface area contributed by atoms with Gasteiger partial charge in [-0.3, -0.25) is 4.79 Å². The molecule has 0 saturated carbocycles. The van der Waals surface area contributed by atoms with Crippen LogP contribution in [0.4, 0.5) is 0 Å². The lowest BCUT2D eigenvalue weighted by Gasteiger charge is -2.05. The molecular formula is C17H16N2O. The van der Waals surface area contributed by atoms with Gasteiger partial charge < -0.3 is 0 Å². The Labute approximate surface area is 117 Å². The van der Waals surface area contributed by atoms with Crippen LogP contribution in [-0.2, 0) is 12.8 Å². The maximum absolute atomic E-state index is 11.7. The molecular weight excluding hydrogens is 248 g/mol. The number of hydrogen-bond acceptors (Lipinski definition) is 2. The summed E-state index contributed by atoms with van der Waals surface area (Å²) in [6.07, 6.45) is 1.77. The van der Waals surface area contributed by atoms with Crippen LogP contribution in [0.5, 0.6) is 0 Å². The van der Waals surface area contributed by atoms with Crippen LogP contribution in [0.3, 0.4) is 0 Å². The van der Waals surface area contributed by atoms with Gasteiger partial charge in [-0.15, -0.1) is 0 Å². The molecule has 0 bridgehead atoms. The quantitative estimate of drug-likeness (QED) is 0.790. The lowest BCUT2D eigenvalue weighted by molar-refractivity contribution is 0.933. The number of H-pyrrole nitrogens is 1. The van der Waals surface area contributed by atoms with E-state index < -0.39 is 0 Å². The maximum Gasteiger partial charge on any atom is 0.272 e. The van der Waals surface area contributed by atoms with Gasteiger partial charge in [0.1, 0.15) is 0 Å². The van der Waals surface area contributed by atoms with Crippen LogP contribution < -0.4 is 5.56 Å². The average Bonchev–Trinajstić information content (AvgIpc) is 2.51. The number of nitrogens with zero attached hydrogens (tertiary/aromatic N) is 1. The number of aromatic nitrogens is 2. The lowest BCUT2D eigenvalue weighted by Crippen LogP contribution is -2.11. The Morgan fingerprint density at radius 1 is 0.950 bits per heavy atom. The summed E-state index contributed by atoms with van der Waals surface area (Å²) in [5, 5.41) is 8.41. The second kappa shape index (κ2) is 5.29. The highest BCUT2D eigenvalue weighted by atomic mass is 16.1. The zero-order valence-corrected chi connectivity index (χ0v) is 11.4. The van der Waals surface area contributed by atoms with Crippen molar-refractivity contribution >= 4 is 10.8 Å². The van der Waals surface area contributed by atoms with Crippen molar-refractivity contribution in [3.8, 4) is 0 Å². The van der Waals surface area contributed by atoms with E-state index in [4.69, 9.17) is 0 Å². The molecule has 0 aliphatic heterocycles. The zero-order chi connectivity index (χ0) is 13.9. The van der Waals surface area contributed by atoms with Crippen LogP contribution in [0, 0.1) is 0 Å². The van der Waals surface area contributed by atoms with Gasteiger partial charge in [0.25, 0.3) is 5.56 Å². The molecule has 2 aromatic carbocycles. The Morgan fingerprint density at radius 3 is 2.30 bits per heavy atom. The molecule has 100 valence electrons. The molecule has 0 aliphatic rings. The molecule has 0 radical (unpaired) electrons. The smallest absolute Gasteiger partial charge is 0.267 e. The maximum atomic E-state index is 11.7. The van der Waals surface area contributed by atoms with Gasteiger partial charge in [0, 0.05) is 11.8 Å². The summed E-state index contributed by atoms with van der Waals surface area (Å²) in [5.74, 6) is 0. The highest BCUT2D eigenvalue weighted by molar-refractivity contribution is 5.83. The highest BCUT2D eigenvalue weighted by Crippen LogP contribution is 2.16. The van der Waals surface area contributed by atoms with E-state index >= 15 is 0 Å². The van der Waals surface area contributed by atoms with Gasteiger partial charge in [-0.25, -0.2) is 5.10 Å². The third-order valence-electron chi connectivity index (χ3n) is 3.58. The summed E-state index contributed by atoms with van der Waals surface area (Å²) in [6.45, 7) is 2.14. The molecule has 3 nitrogen and oxygen atoms in total. The molecule has 1 N–H and O–H groups in total. The number of aryl methyl sites for hydroxylation is 1. The third-order valence-corrected chi connectivity index (χ3v) is 3.58. The van der Waals surface area contributed by atoms with E-state index in [0.717, 1.165) is 23.9 Å². The van der Waals surface area contributed by atoms with Crippen molar-refractivity contribution in [2.45, 2.75) is 19.8 Å². The first kappa shape index (κ1) is 12.6. The van der Waals surface area contributed by atoms with E-state index in [-0.39, 0.29) is 5.56 Å². The Kier molecular flexibility index (Phi) is 3.33. The number of rotatable bonds is 3. The molecule has 1 heterocycles. The number of nitrogens with one attached hydrogen (secondary N) is 1. The van der Waals surface area contributed by atoms with Crippen LogP contribution >= 0.6 is 0 Å². The minimum Gasteiger partial charge on any atom is -0.267 e. The second-order valence-corrected chi connectivity index (χ2v) is 4.89. The number of benzene rings is 2. The predicted molar refractivity (Wildman–Crippen MR) is 81.0 cm³/mol. The number of aromatic amines is 1. The van der Waals surface area contributed by atoms with Crippen LogP contribution in [0.15, 0.2) is 53.3 Å². The topological polar surface area (TPSA) is 45.8 Å². The molecule has 0 saturated heterocycles. The van der Waals surface area contributed by atoms with Gasteiger partial charge in [-0.05, 0) is 23.6 Å². The van der Waals surface area contributed by atoms with Gasteiger partial charge in [0.2, 0.25) is 0 Å². The van der Waals surface area contributed by atoms with Crippen molar-refractivity contribution in [2.75, 3.05) is 0 Å². The minimum atomic E-state index is -0.134. The van der Waals surface area contributed by atoms with Gasteiger partial charge in [-0.1, -0.05) is 49.4 Å². The van der Waals surface area contributed by atoms with Crippen molar-refractivity contribution in [3.05, 3.63) is 75.7 Å². The summed E-state index contributed by atoms with van der Waals surface area (Å²) in [4.78, 5) is 11.7. The second-order valence-electron chi connectivity index (χ2n) is 4.89. The van der Waals surface area contributed by atoms with Crippen molar-refractivity contribution < 1.29 is 0 Å². The molecule has 1 aromatic heterocycles. The van der Waals surface area contributed by atoms with Crippen molar-refractivity contribution in [3.63, 3.8) is 0 Å². The molecule has 3 aromatic rings. The zero-order valence-electron chi connectivity index (χ0n) is 11.4. The Hall–Kier alpha value is -2.42. The summed E-state index contributed by atoms with van der Waals surface area (Å²) >= 11 is 0. The molecule has 0 amide bonds. The lowest BCUT2D eigenvalue weighted by atomic mass is 10.0. The monoisotopic (exact) mass is 264 g/mol. The Bertz CT molecular complexity index is 788. The van der Waals surface area contributed by atoms with Crippen molar-refractivity contribution in [2.24, 2.45) is 0 Å². The first-order valence-electron chi connectivity index (χ1n) is 6.82. The fourth-order valence-electron chi connectivity index (χ4n) is 2.39. The molecule has 0 aliphatic carbocycles. The first-order chi connectivity index (χ1) is 9.78. The standard InChI is InChI=1S/C17H16N2O/c1-2-12-7-9-13(10-8-12)11-16-14-5-3-4-6-15(14)17(20)19-18-16/h3-10H,2,11H2,1H3,(H,19,20). The van der Waals surface area contributed by atoms with Crippen molar-refractivity contribution in [1.29, 1.82) is 0 Å². The van der Waals surface area contributed by atoms with Gasteiger partial charge in [0.05, 0.1) is 11.1 Å². The van der Waals surface area contributed by atoms with Crippen LogP contribution in [0.2, 0.25) is 0 Å². The van der Waals surface area contributed by atoms with Crippen LogP contribution in [0.1, 0.15) is 23.7 Å². The van der Waals surface area contributed by atoms with E-state index in [1.165, 1.54) is 11.1 Å². The van der Waals surface area contributed by atoms with Crippen LogP contribution in [0.25, 0.3) is 10.8 Å². The van der Waals surface area contributed by atoms with E-state index in [2.05, 4.69) is 41.4 Å². The van der Waals surface area contributed by atoms with Gasteiger partial charge >= 0.3 is 0 Å². The molecule has 20 heavy (non-hydrogen) atoms. The van der Waals surface area contributed by atoms with E-state index in [9.17, 15) is 4.79 Å². The number of hydrogen-bond donors (Lipinski definition) is 1. The largest absolute Gasteiger partial charge is 0.272 e. The van der Waals surface area contributed by atoms with E-state index in [1.807, 2.05) is 24.3 Å². The summed E-state index contributed by atoms with van der Waals surface area (Å²) in [5.41, 5.74) is 3.30. The molecule has 0 unspecified atom stereocenters. The summed E-state index contributed by atoms with van der Waals surface area (Å²) in [6, 6.07) is 16.1. The molecule has 0 atom stereocenters. The molecule has 3 heteroatoms. The minimum absolute atomic E-state index is 0.134. The first-order valence-corrected chi connectivity index (χ1v) is 6.82. The van der Waals surface area contributed by atoms with Crippen LogP contribution in [-0.4, -0.2) is 10.2 Å². The average molecular weight is 264 g/mol. The summed E-state index contributed by atoms with van der Waals surface area (Å²) < 4.78 is 0. The normalized spacial score (nSPS) is 10.8. The predicted octanol–water partition coefficient (Wildman–Crippen LogP) is 3.08. The van der Waals surface area contributed by atoms with Gasteiger partial charge in [0.15, 0.2) is 0 Å². The fourth-order valence-corrected chi connectivity index (χ4v) is 2.39. The van der Waals surface area contributed by atoms with E-state index in [1.54, 1.807) is 0 Å². The number of fused-ring (bicyclic) bond motifs is 1. The Morgan fingerprint density at radius 2 is 1.60 bits per heavy atom. The molecule has 0 fully saturated rings. The highest BCUT2D eigenvalue weighted by Gasteiger charge is 2.06. The molecule has 0 spiro atoms. The summed E-state index contributed by atoms with van der Waals surface area (Å²) in [7, 11) is 0. The van der Waals surface area contributed by atoms with E-state index in [0.29, 0.717) is 5.39 Å². The van der Waals surface area contributed by atoms with Crippen molar-refractivity contribution in [1.82, 2.24) is 10.2 Å². The fraction of sp³-hybridized carbons (Fsp3) is 0.176. The molecule has 3 rings (SSSR count).